The van der Waals surface area contributed by atoms with Crippen molar-refractivity contribution in [3.05, 3.63) is 64.7 Å². The average Bonchev–Trinajstić information content (AvgIpc) is 2.81. The Morgan fingerprint density at radius 1 is 1.16 bits per heavy atom. The van der Waals surface area contributed by atoms with Gasteiger partial charge in [-0.05, 0) is 40.7 Å². The third-order valence-electron chi connectivity index (χ3n) is 3.63. The molecule has 0 amide bonds. The molecule has 2 aromatic rings. The number of nitriles is 1. The zero-order chi connectivity index (χ0) is 13.2. The van der Waals surface area contributed by atoms with Crippen LogP contribution in [-0.4, -0.2) is 6.92 Å². The summed E-state index contributed by atoms with van der Waals surface area (Å²) >= 11 is 0. The van der Waals surface area contributed by atoms with Crippen LogP contribution in [0.25, 0.3) is 0 Å². The van der Waals surface area contributed by atoms with Gasteiger partial charge in [0.15, 0.2) is 0 Å². The molecule has 0 aromatic heterocycles. The van der Waals surface area contributed by atoms with E-state index in [1.807, 2.05) is 24.3 Å². The van der Waals surface area contributed by atoms with Crippen LogP contribution < -0.4 is 5.46 Å². The molecule has 0 saturated carbocycles. The first-order valence-electron chi connectivity index (χ1n) is 6.48. The van der Waals surface area contributed by atoms with Gasteiger partial charge >= 0.3 is 6.92 Å². The predicted molar refractivity (Wildman–Crippen MR) is 76.4 cm³/mol. The van der Waals surface area contributed by atoms with E-state index in [0.717, 1.165) is 13.0 Å². The lowest BCUT2D eigenvalue weighted by atomic mass is 9.64. The van der Waals surface area contributed by atoms with Gasteiger partial charge in [-0.2, -0.15) is 5.26 Å². The van der Waals surface area contributed by atoms with Gasteiger partial charge in [0.1, 0.15) is 0 Å². The normalized spacial score (nSPS) is 13.2. The topological polar surface area (TPSA) is 33.0 Å². The van der Waals surface area contributed by atoms with Gasteiger partial charge in [0, 0.05) is 0 Å². The van der Waals surface area contributed by atoms with Crippen LogP contribution in [0.15, 0.2) is 42.5 Å². The first kappa shape index (κ1) is 12.0. The Hall–Kier alpha value is -2.05. The van der Waals surface area contributed by atoms with Gasteiger partial charge in [0.2, 0.25) is 0 Å². The lowest BCUT2D eigenvalue weighted by molar-refractivity contribution is 0.333. The van der Waals surface area contributed by atoms with E-state index in [2.05, 4.69) is 31.1 Å². The maximum atomic E-state index is 8.78. The summed E-state index contributed by atoms with van der Waals surface area (Å²) < 4.78 is 5.62. The summed E-state index contributed by atoms with van der Waals surface area (Å²) in [5.41, 5.74) is 5.84. The highest BCUT2D eigenvalue weighted by Gasteiger charge is 2.22. The van der Waals surface area contributed by atoms with Crippen LogP contribution >= 0.6 is 0 Å². The minimum atomic E-state index is 0.221. The first-order valence-corrected chi connectivity index (χ1v) is 6.48. The quantitative estimate of drug-likeness (QED) is 0.764. The molecule has 19 heavy (non-hydrogen) atoms. The molecule has 1 aliphatic heterocycles. The van der Waals surface area contributed by atoms with Crippen LogP contribution in [0.1, 0.15) is 22.3 Å². The van der Waals surface area contributed by atoms with Gasteiger partial charge < -0.3 is 4.65 Å². The minimum Gasteiger partial charge on any atom is -0.427 e. The van der Waals surface area contributed by atoms with Crippen LogP contribution in [-0.2, 0) is 17.7 Å². The minimum absolute atomic E-state index is 0.221. The van der Waals surface area contributed by atoms with Gasteiger partial charge in [0.25, 0.3) is 0 Å². The van der Waals surface area contributed by atoms with Crippen LogP contribution in [0.5, 0.6) is 0 Å². The van der Waals surface area contributed by atoms with Gasteiger partial charge in [-0.1, -0.05) is 37.2 Å². The van der Waals surface area contributed by atoms with Gasteiger partial charge in [-0.25, -0.2) is 0 Å². The van der Waals surface area contributed by atoms with E-state index in [-0.39, 0.29) is 6.92 Å². The number of benzene rings is 2. The highest BCUT2D eigenvalue weighted by atomic mass is 16.4. The summed E-state index contributed by atoms with van der Waals surface area (Å²) in [6.07, 6.45) is 0.896. The third-order valence-corrected chi connectivity index (χ3v) is 3.63. The fraction of sp³-hybridized carbons (Fsp3) is 0.188. The average molecular weight is 247 g/mol. The van der Waals surface area contributed by atoms with Crippen molar-refractivity contribution in [3.8, 4) is 6.07 Å². The number of nitrogens with zero attached hydrogens (tertiary/aromatic N) is 1. The SMILES string of the molecule is CB1OCc2cc(Cc3ccc(C#N)cc3)ccc21. The van der Waals surface area contributed by atoms with Crippen molar-refractivity contribution in [1.82, 2.24) is 0 Å². The van der Waals surface area contributed by atoms with E-state index < -0.39 is 0 Å². The van der Waals surface area contributed by atoms with Crippen LogP contribution in [0.2, 0.25) is 6.82 Å². The molecule has 0 N–H and O–H groups in total. The van der Waals surface area contributed by atoms with Crippen LogP contribution in [0, 0.1) is 11.3 Å². The van der Waals surface area contributed by atoms with E-state index >= 15 is 0 Å². The Kier molecular flexibility index (Phi) is 3.11. The van der Waals surface area contributed by atoms with E-state index in [4.69, 9.17) is 9.92 Å². The smallest absolute Gasteiger partial charge is 0.324 e. The van der Waals surface area contributed by atoms with Gasteiger partial charge in [-0.15, -0.1) is 0 Å². The zero-order valence-corrected chi connectivity index (χ0v) is 10.9. The Morgan fingerprint density at radius 2 is 1.89 bits per heavy atom. The molecule has 0 radical (unpaired) electrons. The molecule has 0 saturated heterocycles. The second-order valence-electron chi connectivity index (χ2n) is 4.97. The summed E-state index contributed by atoms with van der Waals surface area (Å²) in [6.45, 7) is 3.03. The third kappa shape index (κ3) is 2.40. The second kappa shape index (κ2) is 4.91. The molecule has 1 aliphatic rings. The Bertz CT molecular complexity index is 643. The monoisotopic (exact) mass is 247 g/mol. The first-order chi connectivity index (χ1) is 9.26. The Morgan fingerprint density at radius 3 is 2.63 bits per heavy atom. The molecule has 2 nitrogen and oxygen atoms in total. The lowest BCUT2D eigenvalue weighted by Crippen LogP contribution is -2.24. The van der Waals surface area contributed by atoms with Crippen LogP contribution in [0.3, 0.4) is 0 Å². The highest BCUT2D eigenvalue weighted by molar-refractivity contribution is 6.67. The van der Waals surface area contributed by atoms with Gasteiger partial charge in [0.05, 0.1) is 18.2 Å². The van der Waals surface area contributed by atoms with Gasteiger partial charge in [-0.3, -0.25) is 0 Å². The molecule has 1 heterocycles. The molecule has 0 bridgehead atoms. The Labute approximate surface area is 113 Å². The largest absolute Gasteiger partial charge is 0.427 e. The molecule has 0 fully saturated rings. The zero-order valence-electron chi connectivity index (χ0n) is 10.9. The molecule has 0 spiro atoms. The molecule has 0 aliphatic carbocycles. The molecule has 0 atom stereocenters. The maximum Gasteiger partial charge on any atom is 0.324 e. The molecule has 0 unspecified atom stereocenters. The second-order valence-corrected chi connectivity index (χ2v) is 4.97. The molecular formula is C16H14BNO. The van der Waals surface area contributed by atoms with Crippen molar-refractivity contribution in [2.45, 2.75) is 19.9 Å². The summed E-state index contributed by atoms with van der Waals surface area (Å²) in [5.74, 6) is 0. The van der Waals surface area contributed by atoms with E-state index in [9.17, 15) is 0 Å². The molecule has 3 rings (SSSR count). The highest BCUT2D eigenvalue weighted by Crippen LogP contribution is 2.16. The number of hydrogen-bond acceptors (Lipinski definition) is 2. The standard InChI is InChI=1S/C16H14BNO/c1-17-16-7-6-14(9-15(16)11-19-17)8-12-2-4-13(10-18)5-3-12/h2-7,9H,8,11H2,1H3. The summed E-state index contributed by atoms with van der Waals surface area (Å²) in [7, 11) is 0. The van der Waals surface area contributed by atoms with Crippen molar-refractivity contribution >= 4 is 12.4 Å². The molecule has 92 valence electrons. The maximum absolute atomic E-state index is 8.78. The summed E-state index contributed by atoms with van der Waals surface area (Å²) in [5, 5.41) is 8.78. The predicted octanol–water partition coefficient (Wildman–Crippen LogP) is 2.51. The lowest BCUT2D eigenvalue weighted by Gasteiger charge is -2.05. The van der Waals surface area contributed by atoms with Crippen molar-refractivity contribution in [3.63, 3.8) is 0 Å². The molecular weight excluding hydrogens is 233 g/mol. The van der Waals surface area contributed by atoms with E-state index in [0.29, 0.717) is 5.56 Å². The van der Waals surface area contributed by atoms with E-state index in [1.54, 1.807) is 0 Å². The van der Waals surface area contributed by atoms with Crippen molar-refractivity contribution in [2.75, 3.05) is 0 Å². The van der Waals surface area contributed by atoms with E-state index in [1.165, 1.54) is 22.2 Å². The number of fused-ring (bicyclic) bond motifs is 1. The summed E-state index contributed by atoms with van der Waals surface area (Å²) in [4.78, 5) is 0. The number of hydrogen-bond donors (Lipinski definition) is 0. The van der Waals surface area contributed by atoms with Crippen LogP contribution in [0.4, 0.5) is 0 Å². The fourth-order valence-corrected chi connectivity index (χ4v) is 2.53. The Balaban J connectivity index is 1.82. The van der Waals surface area contributed by atoms with Crippen molar-refractivity contribution in [2.24, 2.45) is 0 Å². The molecule has 3 heteroatoms. The van der Waals surface area contributed by atoms with Crippen molar-refractivity contribution < 1.29 is 4.65 Å². The fourth-order valence-electron chi connectivity index (χ4n) is 2.53. The summed E-state index contributed by atoms with van der Waals surface area (Å²) in [6, 6.07) is 16.5. The molecule has 2 aromatic carbocycles. The van der Waals surface area contributed by atoms with Crippen molar-refractivity contribution in [1.29, 1.82) is 5.26 Å². The number of rotatable bonds is 2.